The molecule has 0 spiro atoms. The van der Waals surface area contributed by atoms with Crippen molar-refractivity contribution < 1.29 is 14.3 Å². The second-order valence-electron chi connectivity index (χ2n) is 8.52. The minimum Gasteiger partial charge on any atom is -0.372 e. The van der Waals surface area contributed by atoms with Crippen molar-refractivity contribution >= 4 is 23.1 Å². The normalized spacial score (nSPS) is 20.7. The largest absolute Gasteiger partial charge is 0.372 e. The van der Waals surface area contributed by atoms with Crippen LogP contribution in [0, 0.1) is 0 Å². The molecule has 5 heteroatoms. The third-order valence-electron chi connectivity index (χ3n) is 5.94. The zero-order chi connectivity index (χ0) is 21.1. The smallest absolute Gasteiger partial charge is 0.224 e. The van der Waals surface area contributed by atoms with Gasteiger partial charge in [0.2, 0.25) is 5.91 Å². The number of amides is 1. The minimum atomic E-state index is -0.133. The molecule has 0 bridgehead atoms. The van der Waals surface area contributed by atoms with E-state index in [9.17, 15) is 9.59 Å². The number of Topliss-reactive ketones (excluding diaryl/α,β-unsaturated/α-hetero) is 1. The van der Waals surface area contributed by atoms with E-state index in [0.717, 1.165) is 49.3 Å². The van der Waals surface area contributed by atoms with Crippen molar-refractivity contribution in [2.75, 3.05) is 23.3 Å². The van der Waals surface area contributed by atoms with Crippen molar-refractivity contribution in [1.29, 1.82) is 0 Å². The number of nitrogens with zero attached hydrogens (tertiary/aromatic N) is 1. The number of carbonyl (C=O) groups is 2. The third-order valence-corrected chi connectivity index (χ3v) is 5.94. The molecule has 2 aromatic carbocycles. The Kier molecular flexibility index (Phi) is 6.18. The first-order valence-corrected chi connectivity index (χ1v) is 10.9. The SMILES string of the molecule is CC1CN(c2ccc(NC(=O)CCC(=O)c3ccc4c(c3)CCC4)cc2)CC(C)O1. The number of ketones is 1. The van der Waals surface area contributed by atoms with E-state index in [4.69, 9.17) is 4.74 Å². The van der Waals surface area contributed by atoms with Crippen molar-refractivity contribution in [1.82, 2.24) is 0 Å². The van der Waals surface area contributed by atoms with E-state index in [2.05, 4.69) is 30.1 Å². The van der Waals surface area contributed by atoms with Crippen LogP contribution in [0.4, 0.5) is 11.4 Å². The fraction of sp³-hybridized carbons (Fsp3) is 0.440. The van der Waals surface area contributed by atoms with Crippen LogP contribution in [0.3, 0.4) is 0 Å². The van der Waals surface area contributed by atoms with Crippen LogP contribution in [0.2, 0.25) is 0 Å². The first-order valence-electron chi connectivity index (χ1n) is 10.9. The highest BCUT2D eigenvalue weighted by molar-refractivity contribution is 6.00. The molecule has 1 N–H and O–H groups in total. The van der Waals surface area contributed by atoms with Gasteiger partial charge in [0.1, 0.15) is 0 Å². The molecule has 4 rings (SSSR count). The quantitative estimate of drug-likeness (QED) is 0.723. The van der Waals surface area contributed by atoms with Crippen LogP contribution in [0.25, 0.3) is 0 Å². The maximum atomic E-state index is 12.5. The second-order valence-corrected chi connectivity index (χ2v) is 8.52. The van der Waals surface area contributed by atoms with E-state index >= 15 is 0 Å². The molecular formula is C25H30N2O3. The van der Waals surface area contributed by atoms with Crippen LogP contribution >= 0.6 is 0 Å². The maximum Gasteiger partial charge on any atom is 0.224 e. The van der Waals surface area contributed by atoms with E-state index < -0.39 is 0 Å². The first kappa shape index (κ1) is 20.6. The van der Waals surface area contributed by atoms with Gasteiger partial charge >= 0.3 is 0 Å². The summed E-state index contributed by atoms with van der Waals surface area (Å²) in [7, 11) is 0. The Hall–Kier alpha value is -2.66. The number of benzene rings is 2. The number of hydrogen-bond acceptors (Lipinski definition) is 4. The number of nitrogens with one attached hydrogen (secondary N) is 1. The molecule has 2 unspecified atom stereocenters. The highest BCUT2D eigenvalue weighted by atomic mass is 16.5. The molecule has 158 valence electrons. The topological polar surface area (TPSA) is 58.6 Å². The molecule has 1 heterocycles. The Morgan fingerprint density at radius 1 is 0.967 bits per heavy atom. The lowest BCUT2D eigenvalue weighted by Gasteiger charge is -2.36. The Labute approximate surface area is 178 Å². The Bertz CT molecular complexity index is 912. The van der Waals surface area contributed by atoms with Gasteiger partial charge in [0.15, 0.2) is 5.78 Å². The third kappa shape index (κ3) is 4.90. The summed E-state index contributed by atoms with van der Waals surface area (Å²) in [5.74, 6) is -0.100. The molecule has 5 nitrogen and oxygen atoms in total. The number of aryl methyl sites for hydroxylation is 2. The Balaban J connectivity index is 1.28. The summed E-state index contributed by atoms with van der Waals surface area (Å²) in [4.78, 5) is 27.1. The molecule has 2 aliphatic rings. The zero-order valence-electron chi connectivity index (χ0n) is 17.8. The van der Waals surface area contributed by atoms with Gasteiger partial charge in [0, 0.05) is 42.9 Å². The van der Waals surface area contributed by atoms with Gasteiger partial charge in [0.25, 0.3) is 0 Å². The molecule has 1 amide bonds. The zero-order valence-corrected chi connectivity index (χ0v) is 17.8. The van der Waals surface area contributed by atoms with Crippen molar-refractivity contribution in [3.63, 3.8) is 0 Å². The van der Waals surface area contributed by atoms with Crippen LogP contribution in [0.5, 0.6) is 0 Å². The van der Waals surface area contributed by atoms with Crippen LogP contribution in [0.15, 0.2) is 42.5 Å². The van der Waals surface area contributed by atoms with Gasteiger partial charge in [-0.05, 0) is 74.6 Å². The lowest BCUT2D eigenvalue weighted by atomic mass is 10.0. The molecule has 0 saturated carbocycles. The monoisotopic (exact) mass is 406 g/mol. The van der Waals surface area contributed by atoms with Crippen LogP contribution in [-0.4, -0.2) is 37.0 Å². The average Bonchev–Trinajstić information content (AvgIpc) is 3.20. The molecule has 1 aliphatic heterocycles. The van der Waals surface area contributed by atoms with Gasteiger partial charge in [-0.15, -0.1) is 0 Å². The lowest BCUT2D eigenvalue weighted by Crippen LogP contribution is -2.45. The van der Waals surface area contributed by atoms with Crippen LogP contribution in [0.1, 0.15) is 54.6 Å². The van der Waals surface area contributed by atoms with Crippen LogP contribution in [-0.2, 0) is 22.4 Å². The lowest BCUT2D eigenvalue weighted by molar-refractivity contribution is -0.116. The maximum absolute atomic E-state index is 12.5. The number of fused-ring (bicyclic) bond motifs is 1. The summed E-state index contributed by atoms with van der Waals surface area (Å²) in [5.41, 5.74) is 5.25. The standard InChI is InChI=1S/C25H30N2O3/c1-17-15-27(16-18(2)30-17)23-10-8-22(9-11-23)26-25(29)13-12-24(28)21-7-6-19-4-3-5-20(19)14-21/h6-11,14,17-18H,3-5,12-13,15-16H2,1-2H3,(H,26,29). The number of hydrogen-bond donors (Lipinski definition) is 1. The summed E-state index contributed by atoms with van der Waals surface area (Å²) in [6, 6.07) is 13.9. The van der Waals surface area contributed by atoms with Gasteiger partial charge in [-0.25, -0.2) is 0 Å². The van der Waals surface area contributed by atoms with Crippen molar-refractivity contribution in [3.05, 3.63) is 59.2 Å². The number of anilines is 2. The second kappa shape index (κ2) is 9.00. The van der Waals surface area contributed by atoms with E-state index in [-0.39, 0.29) is 36.7 Å². The fourth-order valence-electron chi connectivity index (χ4n) is 4.48. The van der Waals surface area contributed by atoms with Crippen molar-refractivity contribution in [3.8, 4) is 0 Å². The summed E-state index contributed by atoms with van der Waals surface area (Å²) in [5, 5.41) is 2.90. The molecule has 1 saturated heterocycles. The highest BCUT2D eigenvalue weighted by Gasteiger charge is 2.22. The molecule has 0 radical (unpaired) electrons. The molecule has 1 fully saturated rings. The molecule has 30 heavy (non-hydrogen) atoms. The van der Waals surface area contributed by atoms with Gasteiger partial charge in [-0.2, -0.15) is 0 Å². The van der Waals surface area contributed by atoms with E-state index in [1.54, 1.807) is 0 Å². The summed E-state index contributed by atoms with van der Waals surface area (Å²) >= 11 is 0. The predicted molar refractivity (Wildman–Crippen MR) is 119 cm³/mol. The molecule has 2 aromatic rings. The van der Waals surface area contributed by atoms with Gasteiger partial charge in [-0.3, -0.25) is 9.59 Å². The van der Waals surface area contributed by atoms with Gasteiger partial charge in [0.05, 0.1) is 12.2 Å². The minimum absolute atomic E-state index is 0.0331. The summed E-state index contributed by atoms with van der Waals surface area (Å²) in [6.07, 6.45) is 4.15. The first-order chi connectivity index (χ1) is 14.5. The van der Waals surface area contributed by atoms with Crippen LogP contribution < -0.4 is 10.2 Å². The van der Waals surface area contributed by atoms with Gasteiger partial charge in [-0.1, -0.05) is 12.1 Å². The van der Waals surface area contributed by atoms with E-state index in [0.29, 0.717) is 0 Å². The predicted octanol–water partition coefficient (Wildman–Crippen LogP) is 4.39. The number of ether oxygens (including phenoxy) is 1. The number of rotatable bonds is 6. The molecular weight excluding hydrogens is 376 g/mol. The number of morpholine rings is 1. The van der Waals surface area contributed by atoms with E-state index in [1.807, 2.05) is 36.4 Å². The van der Waals surface area contributed by atoms with Gasteiger partial charge < -0.3 is 15.0 Å². The Morgan fingerprint density at radius 3 is 2.40 bits per heavy atom. The number of carbonyl (C=O) groups excluding carboxylic acids is 2. The van der Waals surface area contributed by atoms with E-state index in [1.165, 1.54) is 11.1 Å². The Morgan fingerprint density at radius 2 is 1.67 bits per heavy atom. The van der Waals surface area contributed by atoms with Crippen molar-refractivity contribution in [2.45, 2.75) is 58.2 Å². The molecule has 2 atom stereocenters. The summed E-state index contributed by atoms with van der Waals surface area (Å²) in [6.45, 7) is 5.89. The average molecular weight is 407 g/mol. The van der Waals surface area contributed by atoms with Crippen molar-refractivity contribution in [2.24, 2.45) is 0 Å². The highest BCUT2D eigenvalue weighted by Crippen LogP contribution is 2.24. The summed E-state index contributed by atoms with van der Waals surface area (Å²) < 4.78 is 5.79. The molecule has 1 aliphatic carbocycles. The molecule has 0 aromatic heterocycles. The fourth-order valence-corrected chi connectivity index (χ4v) is 4.48.